The zero-order valence-electron chi connectivity index (χ0n) is 12.6. The zero-order valence-corrected chi connectivity index (χ0v) is 12.6. The lowest BCUT2D eigenvalue weighted by molar-refractivity contribution is 0.0945. The molecule has 20 heavy (non-hydrogen) atoms. The molecule has 4 nitrogen and oxygen atoms in total. The second-order valence-corrected chi connectivity index (χ2v) is 5.45. The van der Waals surface area contributed by atoms with Crippen LogP contribution in [0.1, 0.15) is 44.0 Å². The van der Waals surface area contributed by atoms with E-state index in [1.807, 2.05) is 12.1 Å². The average molecular weight is 279 g/mol. The molecule has 0 spiro atoms. The minimum atomic E-state index is -0.396. The summed E-state index contributed by atoms with van der Waals surface area (Å²) in [6.45, 7) is 7.18. The molecule has 1 amide bonds. The first-order valence-electron chi connectivity index (χ1n) is 7.18. The first-order chi connectivity index (χ1) is 9.49. The lowest BCUT2D eigenvalue weighted by Crippen LogP contribution is -2.26. The predicted molar refractivity (Wildman–Crippen MR) is 80.0 cm³/mol. The zero-order chi connectivity index (χ0) is 15.0. The van der Waals surface area contributed by atoms with E-state index in [1.165, 1.54) is 0 Å². The number of carbonyl (C=O) groups excluding carboxylic acids is 1. The van der Waals surface area contributed by atoms with Crippen LogP contribution in [-0.2, 0) is 0 Å². The van der Waals surface area contributed by atoms with E-state index in [-0.39, 0.29) is 5.91 Å². The van der Waals surface area contributed by atoms with Crippen LogP contribution >= 0.6 is 0 Å². The number of aliphatic hydroxyl groups is 1. The van der Waals surface area contributed by atoms with Gasteiger partial charge in [-0.15, -0.1) is 0 Å². The van der Waals surface area contributed by atoms with Gasteiger partial charge in [-0.3, -0.25) is 4.79 Å². The van der Waals surface area contributed by atoms with E-state index in [0.717, 1.165) is 12.2 Å². The fourth-order valence-electron chi connectivity index (χ4n) is 1.61. The molecule has 0 aliphatic heterocycles. The van der Waals surface area contributed by atoms with Gasteiger partial charge in [0.1, 0.15) is 5.75 Å². The van der Waals surface area contributed by atoms with E-state index in [4.69, 9.17) is 9.84 Å². The Morgan fingerprint density at radius 2 is 1.85 bits per heavy atom. The van der Waals surface area contributed by atoms with Gasteiger partial charge in [0.15, 0.2) is 0 Å². The van der Waals surface area contributed by atoms with Crippen molar-refractivity contribution in [3.8, 4) is 5.75 Å². The number of nitrogens with one attached hydrogen (secondary N) is 1. The van der Waals surface area contributed by atoms with E-state index in [0.29, 0.717) is 31.1 Å². The Hall–Kier alpha value is -1.55. The molecule has 0 saturated heterocycles. The molecule has 0 fully saturated rings. The topological polar surface area (TPSA) is 58.6 Å². The van der Waals surface area contributed by atoms with E-state index in [1.54, 1.807) is 19.1 Å². The van der Waals surface area contributed by atoms with Crippen molar-refractivity contribution < 1.29 is 14.6 Å². The van der Waals surface area contributed by atoms with Gasteiger partial charge in [0.25, 0.3) is 5.91 Å². The molecule has 0 aromatic heterocycles. The summed E-state index contributed by atoms with van der Waals surface area (Å²) in [5.41, 5.74) is 0.604. The number of hydrogen-bond acceptors (Lipinski definition) is 3. The van der Waals surface area contributed by atoms with Crippen LogP contribution in [0.2, 0.25) is 0 Å². The number of rotatable bonds is 8. The van der Waals surface area contributed by atoms with Crippen molar-refractivity contribution in [3.05, 3.63) is 29.8 Å². The van der Waals surface area contributed by atoms with Crippen molar-refractivity contribution in [1.82, 2.24) is 5.32 Å². The molecule has 0 radical (unpaired) electrons. The molecule has 2 N–H and O–H groups in total. The van der Waals surface area contributed by atoms with Crippen molar-refractivity contribution in [2.45, 2.75) is 39.7 Å². The van der Waals surface area contributed by atoms with Gasteiger partial charge in [0.05, 0.1) is 12.7 Å². The Labute approximate surface area is 121 Å². The third kappa shape index (κ3) is 6.57. The van der Waals surface area contributed by atoms with Crippen molar-refractivity contribution >= 4 is 5.91 Å². The van der Waals surface area contributed by atoms with Crippen molar-refractivity contribution in [3.63, 3.8) is 0 Å². The molecule has 4 heteroatoms. The summed E-state index contributed by atoms with van der Waals surface area (Å²) in [7, 11) is 0. The average Bonchev–Trinajstić information content (AvgIpc) is 2.38. The molecule has 1 rings (SSSR count). The number of hydrogen-bond donors (Lipinski definition) is 2. The van der Waals surface area contributed by atoms with Gasteiger partial charge in [-0.05, 0) is 49.9 Å². The summed E-state index contributed by atoms with van der Waals surface area (Å²) in [5.74, 6) is 1.28. The van der Waals surface area contributed by atoms with Crippen LogP contribution in [0.5, 0.6) is 5.75 Å². The Kier molecular flexibility index (Phi) is 7.09. The summed E-state index contributed by atoms with van der Waals surface area (Å²) in [6.07, 6.45) is 1.18. The van der Waals surface area contributed by atoms with Crippen LogP contribution in [-0.4, -0.2) is 30.3 Å². The van der Waals surface area contributed by atoms with Crippen LogP contribution in [0, 0.1) is 5.92 Å². The summed E-state index contributed by atoms with van der Waals surface area (Å²) in [5, 5.41) is 11.9. The summed E-state index contributed by atoms with van der Waals surface area (Å²) in [6, 6.07) is 7.12. The highest BCUT2D eigenvalue weighted by Gasteiger charge is 2.06. The molecular weight excluding hydrogens is 254 g/mol. The first kappa shape index (κ1) is 16.5. The second-order valence-electron chi connectivity index (χ2n) is 5.45. The fraction of sp³-hybridized carbons (Fsp3) is 0.562. The van der Waals surface area contributed by atoms with Gasteiger partial charge >= 0.3 is 0 Å². The molecule has 1 aromatic rings. The number of benzene rings is 1. The molecule has 0 heterocycles. The largest absolute Gasteiger partial charge is 0.494 e. The maximum atomic E-state index is 11.8. The van der Waals surface area contributed by atoms with E-state index in [9.17, 15) is 4.79 Å². The number of carbonyl (C=O) groups is 1. The van der Waals surface area contributed by atoms with E-state index >= 15 is 0 Å². The molecule has 0 aliphatic rings. The van der Waals surface area contributed by atoms with Crippen molar-refractivity contribution in [2.24, 2.45) is 5.92 Å². The highest BCUT2D eigenvalue weighted by molar-refractivity contribution is 5.94. The number of ether oxygens (including phenoxy) is 1. The van der Waals surface area contributed by atoms with Gasteiger partial charge in [0, 0.05) is 12.1 Å². The highest BCUT2D eigenvalue weighted by Crippen LogP contribution is 2.13. The van der Waals surface area contributed by atoms with Crippen LogP contribution in [0.15, 0.2) is 24.3 Å². The second kappa shape index (κ2) is 8.59. The molecule has 112 valence electrons. The molecular formula is C16H25NO3. The quantitative estimate of drug-likeness (QED) is 0.769. The predicted octanol–water partition coefficient (Wildman–Crippen LogP) is 2.61. The monoisotopic (exact) mass is 279 g/mol. The Morgan fingerprint density at radius 3 is 2.40 bits per heavy atom. The molecule has 1 atom stereocenters. The summed E-state index contributed by atoms with van der Waals surface area (Å²) >= 11 is 0. The van der Waals surface area contributed by atoms with Crippen molar-refractivity contribution in [2.75, 3.05) is 13.2 Å². The lowest BCUT2D eigenvalue weighted by atomic mass is 10.1. The number of aliphatic hydroxyl groups excluding tert-OH is 1. The maximum Gasteiger partial charge on any atom is 0.251 e. The third-order valence-electron chi connectivity index (χ3n) is 2.93. The Morgan fingerprint density at radius 1 is 1.20 bits per heavy atom. The van der Waals surface area contributed by atoms with Gasteiger partial charge in [-0.25, -0.2) is 0 Å². The normalized spacial score (nSPS) is 12.2. The third-order valence-corrected chi connectivity index (χ3v) is 2.93. The minimum Gasteiger partial charge on any atom is -0.494 e. The number of amides is 1. The van der Waals surface area contributed by atoms with Gasteiger partial charge in [0.2, 0.25) is 0 Å². The molecule has 0 aliphatic carbocycles. The smallest absolute Gasteiger partial charge is 0.251 e. The van der Waals surface area contributed by atoms with Crippen LogP contribution < -0.4 is 10.1 Å². The SMILES string of the molecule is CC(C)CCOc1ccc(C(=O)NCCC(C)O)cc1. The minimum absolute atomic E-state index is 0.126. The maximum absolute atomic E-state index is 11.8. The van der Waals surface area contributed by atoms with Gasteiger partial charge < -0.3 is 15.2 Å². The molecule has 1 aromatic carbocycles. The summed E-state index contributed by atoms with van der Waals surface area (Å²) < 4.78 is 5.60. The van der Waals surface area contributed by atoms with Crippen LogP contribution in [0.25, 0.3) is 0 Å². The lowest BCUT2D eigenvalue weighted by Gasteiger charge is -2.09. The van der Waals surface area contributed by atoms with E-state index in [2.05, 4.69) is 19.2 Å². The van der Waals surface area contributed by atoms with E-state index < -0.39 is 6.10 Å². The molecule has 1 unspecified atom stereocenters. The van der Waals surface area contributed by atoms with Crippen LogP contribution in [0.3, 0.4) is 0 Å². The summed E-state index contributed by atoms with van der Waals surface area (Å²) in [4.78, 5) is 11.8. The molecule has 0 saturated carbocycles. The van der Waals surface area contributed by atoms with Crippen LogP contribution in [0.4, 0.5) is 0 Å². The van der Waals surface area contributed by atoms with Gasteiger partial charge in [-0.1, -0.05) is 13.8 Å². The van der Waals surface area contributed by atoms with Gasteiger partial charge in [-0.2, -0.15) is 0 Å². The standard InChI is InChI=1S/C16H25NO3/c1-12(2)9-11-20-15-6-4-14(5-7-15)16(19)17-10-8-13(3)18/h4-7,12-13,18H,8-11H2,1-3H3,(H,17,19). The Bertz CT molecular complexity index is 399. The Balaban J connectivity index is 2.39. The first-order valence-corrected chi connectivity index (χ1v) is 7.18. The molecule has 0 bridgehead atoms. The fourth-order valence-corrected chi connectivity index (χ4v) is 1.61. The van der Waals surface area contributed by atoms with Crippen molar-refractivity contribution in [1.29, 1.82) is 0 Å². The highest BCUT2D eigenvalue weighted by atomic mass is 16.5.